The number of benzene rings is 2. The Morgan fingerprint density at radius 1 is 1.00 bits per heavy atom. The number of nitrogens with one attached hydrogen (secondary N) is 2. The number of ketones is 1. The minimum Gasteiger partial charge on any atom is -0.454 e. The molecule has 1 aliphatic heterocycles. The Hall–Kier alpha value is -4.67. The fraction of sp³-hybridized carbons (Fsp3) is 0.367. The summed E-state index contributed by atoms with van der Waals surface area (Å²) in [4.78, 5) is 53.7. The number of carbonyl (C=O) groups excluding carboxylic acids is 2. The van der Waals surface area contributed by atoms with Crippen molar-refractivity contribution < 1.29 is 19.1 Å². The molecule has 0 spiro atoms. The molecule has 41 heavy (non-hydrogen) atoms. The molecular formula is C30H31N5O6. The highest BCUT2D eigenvalue weighted by Gasteiger charge is 2.22. The van der Waals surface area contributed by atoms with Crippen molar-refractivity contribution in [1.82, 2.24) is 19.3 Å². The maximum absolute atomic E-state index is 13.8. The van der Waals surface area contributed by atoms with Gasteiger partial charge in [-0.3, -0.25) is 28.6 Å². The molecule has 1 amide bonds. The first kappa shape index (κ1) is 26.5. The number of nitrogens with zero attached hydrogens (tertiary/aromatic N) is 3. The number of H-pyrrole nitrogens is 1. The number of ether oxygens (including phenoxy) is 2. The van der Waals surface area contributed by atoms with Crippen LogP contribution in [0.1, 0.15) is 60.1 Å². The summed E-state index contributed by atoms with van der Waals surface area (Å²) < 4.78 is 13.1. The molecule has 0 saturated heterocycles. The molecule has 212 valence electrons. The molecular weight excluding hydrogens is 526 g/mol. The van der Waals surface area contributed by atoms with Gasteiger partial charge in [-0.05, 0) is 42.7 Å². The van der Waals surface area contributed by atoms with Gasteiger partial charge in [0.2, 0.25) is 12.7 Å². The third kappa shape index (κ3) is 5.52. The Morgan fingerprint density at radius 3 is 2.59 bits per heavy atom. The topological polar surface area (TPSA) is 137 Å². The standard InChI is InChI=1S/C30H31N5O6/c1-18-11-27(33-32-18)31-28(37)16-34-23-14-21(24(36)12-19-5-3-2-4-6-19)8-9-22(23)29(38)35(30(34)39)15-20-7-10-25-26(13-20)41-17-40-25/h7-11,13-14,19H,2-6,12,15-17H2,1H3,(H2,31,32,33,37). The van der Waals surface area contributed by atoms with Gasteiger partial charge in [-0.1, -0.05) is 44.2 Å². The van der Waals surface area contributed by atoms with E-state index >= 15 is 0 Å². The van der Waals surface area contributed by atoms with Gasteiger partial charge in [-0.25, -0.2) is 4.79 Å². The Labute approximate surface area is 235 Å². The third-order valence-corrected chi connectivity index (χ3v) is 7.80. The van der Waals surface area contributed by atoms with Crippen LogP contribution in [0, 0.1) is 12.8 Å². The average molecular weight is 558 g/mol. The van der Waals surface area contributed by atoms with Crippen molar-refractivity contribution in [1.29, 1.82) is 0 Å². The molecule has 11 heteroatoms. The van der Waals surface area contributed by atoms with Crippen LogP contribution in [-0.2, 0) is 17.9 Å². The van der Waals surface area contributed by atoms with Crippen LogP contribution >= 0.6 is 0 Å². The highest BCUT2D eigenvalue weighted by atomic mass is 16.7. The Morgan fingerprint density at radius 2 is 1.80 bits per heavy atom. The van der Waals surface area contributed by atoms with Crippen LogP contribution in [0.4, 0.5) is 5.82 Å². The van der Waals surface area contributed by atoms with E-state index in [1.807, 2.05) is 0 Å². The molecule has 2 aromatic carbocycles. The number of fused-ring (bicyclic) bond motifs is 2. The van der Waals surface area contributed by atoms with Gasteiger partial charge >= 0.3 is 5.69 Å². The van der Waals surface area contributed by atoms with Crippen LogP contribution in [-0.4, -0.2) is 37.8 Å². The predicted molar refractivity (Wildman–Crippen MR) is 152 cm³/mol. The van der Waals surface area contributed by atoms with E-state index < -0.39 is 17.2 Å². The first-order chi connectivity index (χ1) is 19.9. The number of hydrogen-bond acceptors (Lipinski definition) is 7. The highest BCUT2D eigenvalue weighted by molar-refractivity contribution is 5.99. The lowest BCUT2D eigenvalue weighted by atomic mass is 9.85. The smallest absolute Gasteiger partial charge is 0.332 e. The van der Waals surface area contributed by atoms with E-state index in [1.165, 1.54) is 11.0 Å². The van der Waals surface area contributed by atoms with E-state index in [9.17, 15) is 19.2 Å². The van der Waals surface area contributed by atoms with Crippen molar-refractivity contribution in [3.63, 3.8) is 0 Å². The highest BCUT2D eigenvalue weighted by Crippen LogP contribution is 2.32. The molecule has 1 aliphatic carbocycles. The Balaban J connectivity index is 1.39. The van der Waals surface area contributed by atoms with Gasteiger partial charge in [0.25, 0.3) is 5.56 Å². The van der Waals surface area contributed by atoms with Gasteiger partial charge in [0.05, 0.1) is 17.4 Å². The molecule has 1 fully saturated rings. The summed E-state index contributed by atoms with van der Waals surface area (Å²) in [5, 5.41) is 9.70. The SMILES string of the molecule is Cc1cc(NC(=O)Cn2c(=O)n(Cc3ccc4c(c3)OCO4)c(=O)c3ccc(C(=O)CC4CCCCC4)cc32)n[nH]1. The van der Waals surface area contributed by atoms with Gasteiger partial charge in [0, 0.05) is 23.7 Å². The fourth-order valence-electron chi connectivity index (χ4n) is 5.68. The summed E-state index contributed by atoms with van der Waals surface area (Å²) in [7, 11) is 0. The normalized spacial score (nSPS) is 14.9. The molecule has 1 saturated carbocycles. The van der Waals surface area contributed by atoms with Crippen molar-refractivity contribution >= 4 is 28.4 Å². The first-order valence-corrected chi connectivity index (χ1v) is 13.9. The molecule has 11 nitrogen and oxygen atoms in total. The number of amides is 1. The first-order valence-electron chi connectivity index (χ1n) is 13.9. The van der Waals surface area contributed by atoms with Gasteiger partial charge in [0.1, 0.15) is 6.54 Å². The van der Waals surface area contributed by atoms with E-state index in [-0.39, 0.29) is 36.6 Å². The summed E-state index contributed by atoms with van der Waals surface area (Å²) in [6, 6.07) is 11.7. The maximum atomic E-state index is 13.8. The molecule has 2 aliphatic rings. The summed E-state index contributed by atoms with van der Waals surface area (Å²) in [5.41, 5.74) is 0.924. The lowest BCUT2D eigenvalue weighted by molar-refractivity contribution is -0.116. The molecule has 3 heterocycles. The van der Waals surface area contributed by atoms with Crippen LogP contribution in [0.15, 0.2) is 52.1 Å². The zero-order valence-corrected chi connectivity index (χ0v) is 22.8. The zero-order valence-electron chi connectivity index (χ0n) is 22.8. The van der Waals surface area contributed by atoms with Crippen LogP contribution in [0.25, 0.3) is 10.9 Å². The van der Waals surface area contributed by atoms with E-state index in [0.29, 0.717) is 40.8 Å². The van der Waals surface area contributed by atoms with E-state index in [4.69, 9.17) is 9.47 Å². The third-order valence-electron chi connectivity index (χ3n) is 7.80. The summed E-state index contributed by atoms with van der Waals surface area (Å²) in [5.74, 6) is 1.26. The molecule has 2 aromatic heterocycles. The van der Waals surface area contributed by atoms with Crippen LogP contribution in [0.5, 0.6) is 11.5 Å². The second-order valence-corrected chi connectivity index (χ2v) is 10.8. The maximum Gasteiger partial charge on any atom is 0.332 e. The minimum absolute atomic E-state index is 0.0289. The number of aromatic amines is 1. The number of aryl methyl sites for hydroxylation is 1. The number of hydrogen-bond donors (Lipinski definition) is 2. The van der Waals surface area contributed by atoms with Crippen LogP contribution in [0.3, 0.4) is 0 Å². The van der Waals surface area contributed by atoms with E-state index in [2.05, 4.69) is 15.5 Å². The van der Waals surface area contributed by atoms with Gasteiger partial charge in [0.15, 0.2) is 23.1 Å². The van der Waals surface area contributed by atoms with Gasteiger partial charge in [-0.15, -0.1) is 0 Å². The summed E-state index contributed by atoms with van der Waals surface area (Å²) >= 11 is 0. The van der Waals surface area contributed by atoms with Crippen molar-refractivity contribution in [2.45, 2.75) is 58.5 Å². The Kier molecular flexibility index (Phi) is 7.17. The zero-order chi connectivity index (χ0) is 28.5. The predicted octanol–water partition coefficient (Wildman–Crippen LogP) is 3.76. The van der Waals surface area contributed by atoms with Gasteiger partial charge < -0.3 is 14.8 Å². The van der Waals surface area contributed by atoms with Crippen molar-refractivity contribution in [3.8, 4) is 11.5 Å². The molecule has 2 N–H and O–H groups in total. The second-order valence-electron chi connectivity index (χ2n) is 10.8. The van der Waals surface area contributed by atoms with Crippen molar-refractivity contribution in [3.05, 3.63) is 80.1 Å². The van der Waals surface area contributed by atoms with E-state index in [1.54, 1.807) is 49.4 Å². The molecule has 6 rings (SSSR count). The largest absolute Gasteiger partial charge is 0.454 e. The number of anilines is 1. The summed E-state index contributed by atoms with van der Waals surface area (Å²) in [6.45, 7) is 1.50. The monoisotopic (exact) mass is 557 g/mol. The molecule has 0 radical (unpaired) electrons. The van der Waals surface area contributed by atoms with Crippen molar-refractivity contribution in [2.24, 2.45) is 5.92 Å². The quantitative estimate of drug-likeness (QED) is 0.315. The Bertz CT molecular complexity index is 1760. The number of aromatic nitrogens is 4. The van der Waals surface area contributed by atoms with Gasteiger partial charge in [-0.2, -0.15) is 5.10 Å². The van der Waals surface area contributed by atoms with Crippen molar-refractivity contribution in [2.75, 3.05) is 12.1 Å². The number of carbonyl (C=O) groups is 2. The fourth-order valence-corrected chi connectivity index (χ4v) is 5.68. The average Bonchev–Trinajstić information content (AvgIpc) is 3.61. The second kappa shape index (κ2) is 11.1. The number of rotatable bonds is 8. The molecule has 0 atom stereocenters. The minimum atomic E-state index is -0.662. The van der Waals surface area contributed by atoms with Crippen LogP contribution in [0.2, 0.25) is 0 Å². The number of Topliss-reactive ketones (excluding diaryl/α,β-unsaturated/α-hetero) is 1. The molecule has 4 aromatic rings. The molecule has 0 bridgehead atoms. The van der Waals surface area contributed by atoms with E-state index in [0.717, 1.165) is 35.9 Å². The summed E-state index contributed by atoms with van der Waals surface area (Å²) in [6.07, 6.45) is 5.94. The molecule has 0 unspecified atom stereocenters. The lowest BCUT2D eigenvalue weighted by Crippen LogP contribution is -2.42. The lowest BCUT2D eigenvalue weighted by Gasteiger charge is -2.21. The van der Waals surface area contributed by atoms with Crippen LogP contribution < -0.4 is 26.0 Å².